The highest BCUT2D eigenvalue weighted by Gasteiger charge is 2.46. The lowest BCUT2D eigenvalue weighted by atomic mass is 9.74. The molecule has 120 valence electrons. The van der Waals surface area contributed by atoms with Crippen molar-refractivity contribution in [2.45, 2.75) is 46.5 Å². The van der Waals surface area contributed by atoms with E-state index in [0.717, 1.165) is 25.9 Å². The minimum Gasteiger partial charge on any atom is -0.392 e. The van der Waals surface area contributed by atoms with E-state index in [1.807, 2.05) is 4.90 Å². The molecule has 0 aromatic heterocycles. The van der Waals surface area contributed by atoms with Crippen LogP contribution < -0.4 is 5.73 Å². The van der Waals surface area contributed by atoms with Crippen LogP contribution in [-0.2, 0) is 9.53 Å². The minimum atomic E-state index is -0.665. The molecule has 0 aromatic carbocycles. The number of likely N-dealkylation sites (tertiary alicyclic amines) is 1. The lowest BCUT2D eigenvalue weighted by molar-refractivity contribution is -0.144. The first kappa shape index (κ1) is 16.7. The number of piperidine rings is 1. The molecule has 2 heterocycles. The molecular weight excluding hydrogens is 284 g/mol. The van der Waals surface area contributed by atoms with Gasteiger partial charge in [-0.2, -0.15) is 0 Å². The van der Waals surface area contributed by atoms with Gasteiger partial charge in [-0.3, -0.25) is 4.79 Å². The molecule has 4 nitrogen and oxygen atoms in total. The van der Waals surface area contributed by atoms with Gasteiger partial charge in [0.1, 0.15) is 5.41 Å². The van der Waals surface area contributed by atoms with Gasteiger partial charge in [0.2, 0.25) is 5.91 Å². The van der Waals surface area contributed by atoms with Crippen LogP contribution in [0.1, 0.15) is 46.5 Å². The Hall–Kier alpha value is -0.680. The summed E-state index contributed by atoms with van der Waals surface area (Å²) in [5.41, 5.74) is 5.58. The number of rotatable bonds is 2. The average Bonchev–Trinajstić information content (AvgIpc) is 2.46. The maximum Gasteiger partial charge on any atom is 0.235 e. The molecule has 2 aliphatic rings. The number of nitrogens with zero attached hydrogens (tertiary/aromatic N) is 1. The van der Waals surface area contributed by atoms with Crippen molar-refractivity contribution in [3.8, 4) is 0 Å². The molecule has 2 rings (SSSR count). The van der Waals surface area contributed by atoms with Gasteiger partial charge in [-0.05, 0) is 37.0 Å². The van der Waals surface area contributed by atoms with Crippen molar-refractivity contribution in [3.63, 3.8) is 0 Å². The average molecular weight is 312 g/mol. The number of ether oxygens (including phenoxy) is 1. The molecule has 1 amide bonds. The summed E-state index contributed by atoms with van der Waals surface area (Å²) in [7, 11) is 0. The van der Waals surface area contributed by atoms with Gasteiger partial charge in [0.15, 0.2) is 0 Å². The quantitative estimate of drug-likeness (QED) is 0.795. The molecule has 0 aromatic rings. The van der Waals surface area contributed by atoms with E-state index in [9.17, 15) is 4.79 Å². The summed E-state index contributed by atoms with van der Waals surface area (Å²) in [5, 5.41) is 0. The molecular formula is C16H28N2O2S. The zero-order chi connectivity index (χ0) is 15.7. The third-order valence-electron chi connectivity index (χ3n) is 5.23. The fourth-order valence-corrected chi connectivity index (χ4v) is 3.83. The molecule has 0 saturated carbocycles. The van der Waals surface area contributed by atoms with Crippen LogP contribution in [0.5, 0.6) is 0 Å². The summed E-state index contributed by atoms with van der Waals surface area (Å²) in [5.74, 6) is 0.808. The van der Waals surface area contributed by atoms with E-state index in [1.54, 1.807) is 0 Å². The number of hydrogen-bond donors (Lipinski definition) is 1. The van der Waals surface area contributed by atoms with Crippen molar-refractivity contribution in [1.29, 1.82) is 0 Å². The zero-order valence-electron chi connectivity index (χ0n) is 13.5. The summed E-state index contributed by atoms with van der Waals surface area (Å²) in [6, 6.07) is 0. The number of nitrogens with two attached hydrogens (primary N) is 1. The maximum absolute atomic E-state index is 13.0. The SMILES string of the molecule is CC(C)(C)C1CCN(C(=O)C2(C(N)=S)CCOCC2)CC1. The topological polar surface area (TPSA) is 55.6 Å². The van der Waals surface area contributed by atoms with Crippen molar-refractivity contribution in [1.82, 2.24) is 4.90 Å². The Kier molecular flexibility index (Phi) is 4.93. The molecule has 0 spiro atoms. The Morgan fingerprint density at radius 1 is 1.24 bits per heavy atom. The first-order valence-corrected chi connectivity index (χ1v) is 8.35. The number of hydrogen-bond acceptors (Lipinski definition) is 3. The van der Waals surface area contributed by atoms with Crippen molar-refractivity contribution < 1.29 is 9.53 Å². The minimum absolute atomic E-state index is 0.130. The van der Waals surface area contributed by atoms with Crippen LogP contribution in [0.4, 0.5) is 0 Å². The molecule has 2 aliphatic heterocycles. The molecule has 21 heavy (non-hydrogen) atoms. The summed E-state index contributed by atoms with van der Waals surface area (Å²) < 4.78 is 5.39. The summed E-state index contributed by atoms with van der Waals surface area (Å²) in [6.45, 7) is 9.64. The van der Waals surface area contributed by atoms with Crippen LogP contribution in [0.15, 0.2) is 0 Å². The Morgan fingerprint density at radius 3 is 2.19 bits per heavy atom. The highest BCUT2D eigenvalue weighted by molar-refractivity contribution is 7.80. The summed E-state index contributed by atoms with van der Waals surface area (Å²) in [6.07, 6.45) is 3.39. The van der Waals surface area contributed by atoms with E-state index < -0.39 is 5.41 Å². The highest BCUT2D eigenvalue weighted by Crippen LogP contribution is 2.38. The number of carbonyl (C=O) groups is 1. The van der Waals surface area contributed by atoms with Gasteiger partial charge in [-0.15, -0.1) is 0 Å². The lowest BCUT2D eigenvalue weighted by Gasteiger charge is -2.43. The molecule has 2 saturated heterocycles. The van der Waals surface area contributed by atoms with Gasteiger partial charge >= 0.3 is 0 Å². The molecule has 2 N–H and O–H groups in total. The molecule has 0 unspecified atom stereocenters. The predicted octanol–water partition coefficient (Wildman–Crippen LogP) is 2.35. The van der Waals surface area contributed by atoms with E-state index in [1.165, 1.54) is 0 Å². The van der Waals surface area contributed by atoms with Crippen molar-refractivity contribution in [3.05, 3.63) is 0 Å². The van der Waals surface area contributed by atoms with Crippen LogP contribution in [0.3, 0.4) is 0 Å². The fourth-order valence-electron chi connectivity index (χ4n) is 3.54. The third kappa shape index (κ3) is 3.39. The Labute approximate surface area is 133 Å². The largest absolute Gasteiger partial charge is 0.392 e. The van der Waals surface area contributed by atoms with Crippen molar-refractivity contribution in [2.75, 3.05) is 26.3 Å². The van der Waals surface area contributed by atoms with E-state index >= 15 is 0 Å². The predicted molar refractivity (Wildman–Crippen MR) is 88.0 cm³/mol. The van der Waals surface area contributed by atoms with Crippen LogP contribution in [0, 0.1) is 16.7 Å². The van der Waals surface area contributed by atoms with Gasteiger partial charge in [0.05, 0.1) is 4.99 Å². The summed E-state index contributed by atoms with van der Waals surface area (Å²) in [4.78, 5) is 15.3. The Balaban J connectivity index is 2.05. The molecule has 0 aliphatic carbocycles. The summed E-state index contributed by atoms with van der Waals surface area (Å²) >= 11 is 5.23. The molecule has 0 atom stereocenters. The molecule has 0 radical (unpaired) electrons. The van der Waals surface area contributed by atoms with Crippen LogP contribution >= 0.6 is 12.2 Å². The third-order valence-corrected chi connectivity index (χ3v) is 5.63. The maximum atomic E-state index is 13.0. The Bertz CT molecular complexity index is 403. The smallest absolute Gasteiger partial charge is 0.235 e. The Morgan fingerprint density at radius 2 is 1.76 bits per heavy atom. The van der Waals surface area contributed by atoms with Crippen molar-refractivity contribution in [2.24, 2.45) is 22.5 Å². The monoisotopic (exact) mass is 312 g/mol. The van der Waals surface area contributed by atoms with E-state index in [-0.39, 0.29) is 5.91 Å². The second kappa shape index (κ2) is 6.21. The number of thiocarbonyl (C=S) groups is 1. The van der Waals surface area contributed by atoms with Crippen molar-refractivity contribution >= 4 is 23.1 Å². The van der Waals surface area contributed by atoms with Gasteiger partial charge in [-0.1, -0.05) is 33.0 Å². The molecule has 0 bridgehead atoms. The zero-order valence-corrected chi connectivity index (χ0v) is 14.3. The standard InChI is InChI=1S/C16H28N2O2S/c1-15(2,3)12-4-8-18(9-5-12)14(19)16(13(17)21)6-10-20-11-7-16/h12H,4-11H2,1-3H3,(H2,17,21). The molecule has 5 heteroatoms. The second-order valence-electron chi connectivity index (χ2n) is 7.49. The number of carbonyl (C=O) groups excluding carboxylic acids is 1. The lowest BCUT2D eigenvalue weighted by Crippen LogP contribution is -2.55. The van der Waals surface area contributed by atoms with Crippen LogP contribution in [0.2, 0.25) is 0 Å². The first-order valence-electron chi connectivity index (χ1n) is 7.94. The van der Waals surface area contributed by atoms with Gasteiger partial charge < -0.3 is 15.4 Å². The van der Waals surface area contributed by atoms with E-state index in [0.29, 0.717) is 42.4 Å². The van der Waals surface area contributed by atoms with Gasteiger partial charge in [0.25, 0.3) is 0 Å². The van der Waals surface area contributed by atoms with E-state index in [4.69, 9.17) is 22.7 Å². The molecule has 2 fully saturated rings. The highest BCUT2D eigenvalue weighted by atomic mass is 32.1. The van der Waals surface area contributed by atoms with Gasteiger partial charge in [-0.25, -0.2) is 0 Å². The van der Waals surface area contributed by atoms with Gasteiger partial charge in [0, 0.05) is 26.3 Å². The second-order valence-corrected chi connectivity index (χ2v) is 7.93. The van der Waals surface area contributed by atoms with E-state index in [2.05, 4.69) is 20.8 Å². The number of amides is 1. The van der Waals surface area contributed by atoms with Crippen LogP contribution in [-0.4, -0.2) is 42.1 Å². The fraction of sp³-hybridized carbons (Fsp3) is 0.875. The van der Waals surface area contributed by atoms with Crippen LogP contribution in [0.25, 0.3) is 0 Å². The normalized spacial score (nSPS) is 23.9. The first-order chi connectivity index (χ1) is 9.77.